The molecule has 3 N–H and O–H groups in total. The zero-order valence-electron chi connectivity index (χ0n) is 19.4. The monoisotopic (exact) mass is 501 g/mol. The molecule has 3 amide bonds. The molecule has 36 heavy (non-hydrogen) atoms. The number of thiophene rings is 1. The molecule has 1 fully saturated rings. The highest BCUT2D eigenvalue weighted by Crippen LogP contribution is 2.45. The summed E-state index contributed by atoms with van der Waals surface area (Å²) in [6.07, 6.45) is 3.56. The van der Waals surface area contributed by atoms with Crippen molar-refractivity contribution in [3.05, 3.63) is 59.1 Å². The Morgan fingerprint density at radius 2 is 2.08 bits per heavy atom. The summed E-state index contributed by atoms with van der Waals surface area (Å²) in [4.78, 5) is 33.5. The second kappa shape index (κ2) is 9.17. The molecule has 11 heteroatoms. The topological polar surface area (TPSA) is 121 Å². The molecule has 0 aliphatic carbocycles. The van der Waals surface area contributed by atoms with Crippen molar-refractivity contribution in [1.82, 2.24) is 25.8 Å². The number of hydrogen-bond donors (Lipinski definition) is 3. The van der Waals surface area contributed by atoms with Crippen LogP contribution in [0.15, 0.2) is 48.7 Å². The highest BCUT2D eigenvalue weighted by molar-refractivity contribution is 7.21. The number of hydrogen-bond acceptors (Lipinski definition) is 8. The molecule has 2 aliphatic rings. The van der Waals surface area contributed by atoms with Gasteiger partial charge in [0.15, 0.2) is 5.82 Å². The van der Waals surface area contributed by atoms with Crippen LogP contribution in [-0.2, 0) is 0 Å². The average Bonchev–Trinajstić information content (AvgIpc) is 3.26. The van der Waals surface area contributed by atoms with E-state index in [0.29, 0.717) is 49.5 Å². The molecule has 1 aromatic carbocycles. The van der Waals surface area contributed by atoms with E-state index in [0.717, 1.165) is 25.9 Å². The van der Waals surface area contributed by atoms with Gasteiger partial charge in [-0.3, -0.25) is 4.79 Å². The average molecular weight is 502 g/mol. The van der Waals surface area contributed by atoms with Gasteiger partial charge in [-0.1, -0.05) is 18.2 Å². The Hall–Kier alpha value is -4.09. The lowest BCUT2D eigenvalue weighted by Gasteiger charge is -2.28. The van der Waals surface area contributed by atoms with E-state index < -0.39 is 6.03 Å². The Labute approximate surface area is 210 Å². The van der Waals surface area contributed by atoms with Crippen LogP contribution in [0.25, 0.3) is 10.2 Å². The maximum Gasteiger partial charge on any atom is 0.332 e. The van der Waals surface area contributed by atoms with Gasteiger partial charge in [0.05, 0.1) is 16.8 Å². The third-order valence-electron chi connectivity index (χ3n) is 6.20. The van der Waals surface area contributed by atoms with Crippen LogP contribution in [0.1, 0.15) is 28.1 Å². The molecule has 5 heterocycles. The first-order chi connectivity index (χ1) is 17.6. The van der Waals surface area contributed by atoms with Crippen LogP contribution in [0.4, 0.5) is 22.0 Å². The normalized spacial score (nSPS) is 17.1. The van der Waals surface area contributed by atoms with Gasteiger partial charge < -0.3 is 20.7 Å². The standard InChI is InChI=1S/C25H23N7O3S/c1-14-12-18(35-16-7-3-2-4-8-16)30-31-22(14)32-17-9-11-27-24-19(17)20(29-25(32)34)21(36-24)23(33)28-15-6-5-10-26-13-15/h2-4,7-9,11-12,15,26H,5-6,10,13H2,1H3,(H,28,33)(H,29,34). The second-order valence-electron chi connectivity index (χ2n) is 8.70. The maximum absolute atomic E-state index is 13.3. The van der Waals surface area contributed by atoms with Crippen LogP contribution in [-0.4, -0.2) is 46.3 Å². The van der Waals surface area contributed by atoms with Gasteiger partial charge in [0.25, 0.3) is 5.91 Å². The van der Waals surface area contributed by atoms with Crippen molar-refractivity contribution >= 4 is 50.7 Å². The van der Waals surface area contributed by atoms with Crippen molar-refractivity contribution < 1.29 is 14.3 Å². The van der Waals surface area contributed by atoms with Gasteiger partial charge in [-0.2, -0.15) is 0 Å². The van der Waals surface area contributed by atoms with Gasteiger partial charge >= 0.3 is 6.03 Å². The molecule has 182 valence electrons. The van der Waals surface area contributed by atoms with Gasteiger partial charge in [0.2, 0.25) is 5.88 Å². The summed E-state index contributed by atoms with van der Waals surface area (Å²) < 4.78 is 5.78. The number of rotatable bonds is 5. The summed E-state index contributed by atoms with van der Waals surface area (Å²) in [5.41, 5.74) is 1.79. The van der Waals surface area contributed by atoms with E-state index in [1.165, 1.54) is 16.2 Å². The summed E-state index contributed by atoms with van der Waals surface area (Å²) in [5, 5.41) is 18.5. The number of para-hydroxylation sites is 1. The SMILES string of the molecule is Cc1cc(Oc2ccccc2)nnc1N1C(=O)Nc2c(C(=O)NC3CCCNC3)sc3nccc1c23. The third-order valence-corrected chi connectivity index (χ3v) is 7.29. The van der Waals surface area contributed by atoms with E-state index >= 15 is 0 Å². The van der Waals surface area contributed by atoms with Gasteiger partial charge in [-0.25, -0.2) is 14.7 Å². The van der Waals surface area contributed by atoms with Crippen LogP contribution in [0.5, 0.6) is 11.6 Å². The number of carbonyl (C=O) groups excluding carboxylic acids is 2. The fraction of sp³-hybridized carbons (Fsp3) is 0.240. The molecular weight excluding hydrogens is 478 g/mol. The van der Waals surface area contributed by atoms with Gasteiger partial charge in [0, 0.05) is 24.8 Å². The molecule has 1 unspecified atom stereocenters. The summed E-state index contributed by atoms with van der Waals surface area (Å²) in [7, 11) is 0. The Bertz CT molecular complexity index is 1470. The Morgan fingerprint density at radius 3 is 2.86 bits per heavy atom. The Kier molecular flexibility index (Phi) is 5.70. The highest BCUT2D eigenvalue weighted by Gasteiger charge is 2.34. The zero-order chi connectivity index (χ0) is 24.6. The van der Waals surface area contributed by atoms with E-state index in [4.69, 9.17) is 4.74 Å². The smallest absolute Gasteiger partial charge is 0.332 e. The first-order valence-electron chi connectivity index (χ1n) is 11.7. The number of urea groups is 1. The van der Waals surface area contributed by atoms with Crippen molar-refractivity contribution in [3.63, 3.8) is 0 Å². The minimum atomic E-state index is -0.420. The molecule has 3 aromatic heterocycles. The number of benzene rings is 1. The number of amides is 3. The summed E-state index contributed by atoms with van der Waals surface area (Å²) in [6.45, 7) is 3.53. The van der Waals surface area contributed by atoms with E-state index in [-0.39, 0.29) is 11.9 Å². The quantitative estimate of drug-likeness (QED) is 0.372. The predicted octanol–water partition coefficient (Wildman–Crippen LogP) is 4.35. The molecule has 0 saturated carbocycles. The number of nitrogens with one attached hydrogen (secondary N) is 3. The van der Waals surface area contributed by atoms with Crippen LogP contribution in [0.3, 0.4) is 0 Å². The fourth-order valence-corrected chi connectivity index (χ4v) is 5.54. The molecule has 10 nitrogen and oxygen atoms in total. The number of ether oxygens (including phenoxy) is 1. The van der Waals surface area contributed by atoms with Crippen LogP contribution in [0, 0.1) is 6.92 Å². The molecule has 1 atom stereocenters. The Balaban J connectivity index is 1.34. The number of aromatic nitrogens is 3. The van der Waals surface area contributed by atoms with Crippen molar-refractivity contribution in [2.75, 3.05) is 23.3 Å². The molecule has 2 aliphatic heterocycles. The van der Waals surface area contributed by atoms with E-state index in [1.807, 2.05) is 37.3 Å². The minimum Gasteiger partial charge on any atom is -0.438 e. The van der Waals surface area contributed by atoms with Crippen molar-refractivity contribution in [2.45, 2.75) is 25.8 Å². The summed E-state index contributed by atoms with van der Waals surface area (Å²) in [6, 6.07) is 12.4. The first-order valence-corrected chi connectivity index (χ1v) is 12.5. The van der Waals surface area contributed by atoms with E-state index in [1.54, 1.807) is 18.3 Å². The second-order valence-corrected chi connectivity index (χ2v) is 9.70. The fourth-order valence-electron chi connectivity index (χ4n) is 4.51. The number of piperidine rings is 1. The maximum atomic E-state index is 13.3. The molecule has 4 aromatic rings. The predicted molar refractivity (Wildman–Crippen MR) is 137 cm³/mol. The lowest BCUT2D eigenvalue weighted by atomic mass is 10.1. The number of pyridine rings is 1. The van der Waals surface area contributed by atoms with Crippen molar-refractivity contribution in [2.24, 2.45) is 0 Å². The third kappa shape index (κ3) is 4.01. The zero-order valence-corrected chi connectivity index (χ0v) is 20.3. The van der Waals surface area contributed by atoms with Crippen molar-refractivity contribution in [1.29, 1.82) is 0 Å². The lowest BCUT2D eigenvalue weighted by Crippen LogP contribution is -2.45. The van der Waals surface area contributed by atoms with Gasteiger partial charge in [0.1, 0.15) is 15.5 Å². The number of nitrogens with zero attached hydrogens (tertiary/aromatic N) is 4. The first kappa shape index (κ1) is 22.4. The number of aryl methyl sites for hydroxylation is 1. The van der Waals surface area contributed by atoms with Crippen LogP contribution >= 0.6 is 11.3 Å². The lowest BCUT2D eigenvalue weighted by molar-refractivity contribution is 0.0935. The molecule has 0 radical (unpaired) electrons. The molecule has 0 spiro atoms. The number of anilines is 3. The van der Waals surface area contributed by atoms with Crippen LogP contribution in [0.2, 0.25) is 0 Å². The largest absolute Gasteiger partial charge is 0.438 e. The Morgan fingerprint density at radius 1 is 1.22 bits per heavy atom. The minimum absolute atomic E-state index is 0.0569. The van der Waals surface area contributed by atoms with Gasteiger partial charge in [-0.05, 0) is 50.1 Å². The van der Waals surface area contributed by atoms with Crippen LogP contribution < -0.4 is 25.6 Å². The number of carbonyl (C=O) groups is 2. The molecule has 0 bridgehead atoms. The van der Waals surface area contributed by atoms with Crippen molar-refractivity contribution in [3.8, 4) is 11.6 Å². The summed E-state index contributed by atoms with van der Waals surface area (Å²) in [5.74, 6) is 1.13. The molecule has 1 saturated heterocycles. The van der Waals surface area contributed by atoms with Gasteiger partial charge in [-0.15, -0.1) is 21.5 Å². The summed E-state index contributed by atoms with van der Waals surface area (Å²) >= 11 is 1.27. The van der Waals surface area contributed by atoms with E-state index in [9.17, 15) is 9.59 Å². The molecular formula is C25H23N7O3S. The van der Waals surface area contributed by atoms with E-state index in [2.05, 4.69) is 31.1 Å². The molecule has 6 rings (SSSR count). The highest BCUT2D eigenvalue weighted by atomic mass is 32.1.